The Kier molecular flexibility index (Phi) is 5.18. The van der Waals surface area contributed by atoms with Gasteiger partial charge in [0.2, 0.25) is 0 Å². The highest BCUT2D eigenvalue weighted by molar-refractivity contribution is 9.10. The van der Waals surface area contributed by atoms with Gasteiger partial charge in [0.05, 0.1) is 15.2 Å². The van der Waals surface area contributed by atoms with Crippen LogP contribution >= 0.6 is 39.7 Å². The lowest BCUT2D eigenvalue weighted by Gasteiger charge is -2.11. The first-order valence-corrected chi connectivity index (χ1v) is 6.11. The van der Waals surface area contributed by atoms with Gasteiger partial charge in [0.15, 0.2) is 5.11 Å². The molecule has 1 aromatic heterocycles. The first-order chi connectivity index (χ1) is 7.54. The Balaban J connectivity index is 2.77. The second-order valence-electron chi connectivity index (χ2n) is 3.01. The van der Waals surface area contributed by atoms with Crippen molar-refractivity contribution < 1.29 is 0 Å². The zero-order chi connectivity index (χ0) is 12.1. The zero-order valence-corrected chi connectivity index (χ0v) is 11.8. The van der Waals surface area contributed by atoms with Crippen molar-refractivity contribution in [2.45, 2.75) is 6.92 Å². The maximum absolute atomic E-state index is 5.92. The number of rotatable bonds is 3. The molecule has 2 N–H and O–H groups in total. The van der Waals surface area contributed by atoms with Crippen LogP contribution < -0.4 is 10.6 Å². The molecule has 16 heavy (non-hydrogen) atoms. The molecule has 0 unspecified atom stereocenters. The van der Waals surface area contributed by atoms with Crippen molar-refractivity contribution in [1.29, 1.82) is 0 Å². The summed E-state index contributed by atoms with van der Waals surface area (Å²) in [4.78, 5) is 4.28. The molecule has 0 fully saturated rings. The van der Waals surface area contributed by atoms with Gasteiger partial charge in [-0.1, -0.05) is 17.7 Å². The fourth-order valence-corrected chi connectivity index (χ4v) is 1.84. The van der Waals surface area contributed by atoms with Gasteiger partial charge in [-0.25, -0.2) is 4.98 Å². The number of aryl methyl sites for hydroxylation is 1. The van der Waals surface area contributed by atoms with Crippen molar-refractivity contribution in [2.24, 2.45) is 0 Å². The average molecular weight is 321 g/mol. The van der Waals surface area contributed by atoms with E-state index in [9.17, 15) is 0 Å². The fourth-order valence-electron chi connectivity index (χ4n) is 0.963. The summed E-state index contributed by atoms with van der Waals surface area (Å²) >= 11 is 14.4. The molecule has 0 spiro atoms. The van der Waals surface area contributed by atoms with Crippen molar-refractivity contribution in [3.8, 4) is 0 Å². The quantitative estimate of drug-likeness (QED) is 0.662. The van der Waals surface area contributed by atoms with Gasteiger partial charge in [-0.15, -0.1) is 6.58 Å². The highest BCUT2D eigenvalue weighted by atomic mass is 79.9. The molecule has 0 aromatic carbocycles. The van der Waals surface area contributed by atoms with Crippen LogP contribution in [-0.4, -0.2) is 16.6 Å². The van der Waals surface area contributed by atoms with Crippen LogP contribution in [0.25, 0.3) is 0 Å². The molecular formula is C10H11BrClN3S. The van der Waals surface area contributed by atoms with Crippen LogP contribution in [0.4, 0.5) is 5.82 Å². The summed E-state index contributed by atoms with van der Waals surface area (Å²) in [6.07, 6.45) is 1.73. The lowest BCUT2D eigenvalue weighted by Crippen LogP contribution is -2.28. The van der Waals surface area contributed by atoms with Gasteiger partial charge in [0.25, 0.3) is 0 Å². The van der Waals surface area contributed by atoms with Gasteiger partial charge >= 0.3 is 0 Å². The van der Waals surface area contributed by atoms with Crippen LogP contribution in [0.2, 0.25) is 5.02 Å². The van der Waals surface area contributed by atoms with Gasteiger partial charge in [0, 0.05) is 6.54 Å². The van der Waals surface area contributed by atoms with E-state index < -0.39 is 0 Å². The van der Waals surface area contributed by atoms with Gasteiger partial charge in [-0.2, -0.15) is 0 Å². The lowest BCUT2D eigenvalue weighted by molar-refractivity contribution is 1.06. The number of hydrogen-bond acceptors (Lipinski definition) is 2. The summed E-state index contributed by atoms with van der Waals surface area (Å²) in [6, 6.07) is 1.78. The predicted molar refractivity (Wildman–Crippen MR) is 76.1 cm³/mol. The Bertz CT molecular complexity index is 423. The third-order valence-electron chi connectivity index (χ3n) is 1.74. The first kappa shape index (κ1) is 13.4. The van der Waals surface area contributed by atoms with E-state index >= 15 is 0 Å². The topological polar surface area (TPSA) is 37.0 Å². The van der Waals surface area contributed by atoms with Crippen LogP contribution in [0, 0.1) is 6.92 Å². The number of thiocarbonyl (C=S) groups is 1. The second kappa shape index (κ2) is 6.18. The number of nitrogens with zero attached hydrogens (tertiary/aromatic N) is 1. The number of pyridine rings is 1. The summed E-state index contributed by atoms with van der Waals surface area (Å²) < 4.78 is 0.769. The van der Waals surface area contributed by atoms with E-state index in [4.69, 9.17) is 23.8 Å². The fraction of sp³-hybridized carbons (Fsp3) is 0.200. The van der Waals surface area contributed by atoms with Crippen molar-refractivity contribution in [2.75, 3.05) is 11.9 Å². The Labute approximate surface area is 113 Å². The van der Waals surface area contributed by atoms with Gasteiger partial charge < -0.3 is 10.6 Å². The normalized spacial score (nSPS) is 9.69. The maximum atomic E-state index is 5.92. The van der Waals surface area contributed by atoms with E-state index in [-0.39, 0.29) is 0 Å². The highest BCUT2D eigenvalue weighted by Crippen LogP contribution is 2.25. The second-order valence-corrected chi connectivity index (χ2v) is 4.68. The standard InChI is InChI=1S/C10H11BrClN3S/c1-3-4-13-10(16)15-9-7(11)5-8(12)6(2)14-9/h3,5H,1,4H2,2H3,(H2,13,14,15,16). The van der Waals surface area contributed by atoms with Crippen LogP contribution in [-0.2, 0) is 0 Å². The van der Waals surface area contributed by atoms with Crippen LogP contribution in [0.3, 0.4) is 0 Å². The third kappa shape index (κ3) is 3.73. The summed E-state index contributed by atoms with van der Waals surface area (Å²) in [5.74, 6) is 0.642. The van der Waals surface area contributed by atoms with Crippen molar-refractivity contribution in [3.63, 3.8) is 0 Å². The van der Waals surface area contributed by atoms with Crippen molar-refractivity contribution in [3.05, 3.63) is 33.9 Å². The molecule has 0 atom stereocenters. The Hall–Kier alpha value is -0.650. The molecule has 1 rings (SSSR count). The Morgan fingerprint density at radius 1 is 1.75 bits per heavy atom. The molecule has 1 aromatic rings. The molecule has 0 saturated carbocycles. The highest BCUT2D eigenvalue weighted by Gasteiger charge is 2.06. The molecular weight excluding hydrogens is 310 g/mol. The largest absolute Gasteiger partial charge is 0.359 e. The third-order valence-corrected chi connectivity index (χ3v) is 2.98. The summed E-state index contributed by atoms with van der Waals surface area (Å²) in [5, 5.41) is 7.03. The smallest absolute Gasteiger partial charge is 0.172 e. The number of aromatic nitrogens is 1. The molecule has 3 nitrogen and oxygen atoms in total. The van der Waals surface area contributed by atoms with E-state index in [1.165, 1.54) is 0 Å². The van der Waals surface area contributed by atoms with E-state index in [0.717, 1.165) is 10.2 Å². The summed E-state index contributed by atoms with van der Waals surface area (Å²) in [7, 11) is 0. The molecule has 86 valence electrons. The molecule has 0 aliphatic carbocycles. The van der Waals surface area contributed by atoms with Crippen molar-refractivity contribution >= 4 is 50.7 Å². The molecule has 0 bridgehead atoms. The van der Waals surface area contributed by atoms with Crippen LogP contribution in [0.1, 0.15) is 5.69 Å². The molecule has 0 aliphatic heterocycles. The van der Waals surface area contributed by atoms with E-state index in [1.54, 1.807) is 12.1 Å². The van der Waals surface area contributed by atoms with E-state index in [1.807, 2.05) is 6.92 Å². The molecule has 6 heteroatoms. The molecule has 0 amide bonds. The number of anilines is 1. The zero-order valence-electron chi connectivity index (χ0n) is 8.68. The van der Waals surface area contributed by atoms with E-state index in [2.05, 4.69) is 38.1 Å². The number of nitrogens with one attached hydrogen (secondary N) is 2. The van der Waals surface area contributed by atoms with Crippen LogP contribution in [0.15, 0.2) is 23.2 Å². The predicted octanol–water partition coefficient (Wildman–Crippen LogP) is 3.28. The van der Waals surface area contributed by atoms with Crippen LogP contribution in [0.5, 0.6) is 0 Å². The summed E-state index contributed by atoms with van der Waals surface area (Å²) in [5.41, 5.74) is 0.749. The average Bonchev–Trinajstić information content (AvgIpc) is 2.23. The number of hydrogen-bond donors (Lipinski definition) is 2. The van der Waals surface area contributed by atoms with Gasteiger partial charge in [0.1, 0.15) is 5.82 Å². The lowest BCUT2D eigenvalue weighted by atomic mass is 10.3. The van der Waals surface area contributed by atoms with Gasteiger partial charge in [-0.05, 0) is 41.1 Å². The molecule has 0 radical (unpaired) electrons. The maximum Gasteiger partial charge on any atom is 0.172 e. The Morgan fingerprint density at radius 3 is 3.06 bits per heavy atom. The number of halogens is 2. The SMILES string of the molecule is C=CCNC(=S)Nc1nc(C)c(Cl)cc1Br. The minimum atomic E-state index is 0.495. The Morgan fingerprint density at radius 2 is 2.44 bits per heavy atom. The summed E-state index contributed by atoms with van der Waals surface area (Å²) in [6.45, 7) is 6.03. The van der Waals surface area contributed by atoms with E-state index in [0.29, 0.717) is 22.5 Å². The minimum absolute atomic E-state index is 0.495. The molecule has 0 saturated heterocycles. The van der Waals surface area contributed by atoms with Crippen molar-refractivity contribution in [1.82, 2.24) is 10.3 Å². The minimum Gasteiger partial charge on any atom is -0.359 e. The van der Waals surface area contributed by atoms with Gasteiger partial charge in [-0.3, -0.25) is 0 Å². The molecule has 1 heterocycles. The monoisotopic (exact) mass is 319 g/mol. The molecule has 0 aliphatic rings. The first-order valence-electron chi connectivity index (χ1n) is 4.53.